The number of urea groups is 1. The highest BCUT2D eigenvalue weighted by molar-refractivity contribution is 5.89. The fraction of sp³-hybridized carbons (Fsp3) is 0.462. The number of hydrogen-bond donors (Lipinski definition) is 2. The third-order valence-corrected chi connectivity index (χ3v) is 3.27. The maximum Gasteiger partial charge on any atom is 0.321 e. The lowest BCUT2D eigenvalue weighted by Gasteiger charge is -2.31. The second-order valence-electron chi connectivity index (χ2n) is 4.49. The molecular weight excluding hydrogens is 233 g/mol. The molecule has 1 fully saturated rings. The standard InChI is InChI=1S/C13H18FN3O/c1-15-11-5-7-17(8-6-11)13(18)16-12-4-2-3-10(14)9-12/h2-4,9,11,15H,5-8H2,1H3,(H,16,18). The summed E-state index contributed by atoms with van der Waals surface area (Å²) >= 11 is 0. The van der Waals surface area contributed by atoms with E-state index in [1.807, 2.05) is 7.05 Å². The average molecular weight is 251 g/mol. The number of carbonyl (C=O) groups is 1. The lowest BCUT2D eigenvalue weighted by Crippen LogP contribution is -2.45. The fourth-order valence-corrected chi connectivity index (χ4v) is 2.14. The van der Waals surface area contributed by atoms with Crippen LogP contribution in [0.25, 0.3) is 0 Å². The van der Waals surface area contributed by atoms with Gasteiger partial charge in [0.15, 0.2) is 0 Å². The summed E-state index contributed by atoms with van der Waals surface area (Å²) in [7, 11) is 1.94. The van der Waals surface area contributed by atoms with Gasteiger partial charge in [0.1, 0.15) is 5.82 Å². The number of benzene rings is 1. The molecule has 0 saturated carbocycles. The average Bonchev–Trinajstić information content (AvgIpc) is 2.39. The summed E-state index contributed by atoms with van der Waals surface area (Å²) in [6.45, 7) is 1.46. The summed E-state index contributed by atoms with van der Waals surface area (Å²) in [5, 5.41) is 5.92. The SMILES string of the molecule is CNC1CCN(C(=O)Nc2cccc(F)c2)CC1. The summed E-state index contributed by atoms with van der Waals surface area (Å²) in [5.74, 6) is -0.346. The van der Waals surface area contributed by atoms with Crippen LogP contribution in [0.15, 0.2) is 24.3 Å². The topological polar surface area (TPSA) is 44.4 Å². The number of carbonyl (C=O) groups excluding carboxylic acids is 1. The van der Waals surface area contributed by atoms with E-state index in [2.05, 4.69) is 10.6 Å². The summed E-state index contributed by atoms with van der Waals surface area (Å²) in [5.41, 5.74) is 0.496. The Kier molecular flexibility index (Phi) is 4.15. The predicted molar refractivity (Wildman–Crippen MR) is 69.1 cm³/mol. The molecule has 2 rings (SSSR count). The first kappa shape index (κ1) is 12.8. The Bertz CT molecular complexity index is 416. The molecule has 1 aromatic carbocycles. The van der Waals surface area contributed by atoms with Gasteiger partial charge in [-0.2, -0.15) is 0 Å². The summed E-state index contributed by atoms with van der Waals surface area (Å²) in [6.07, 6.45) is 1.90. The van der Waals surface area contributed by atoms with Crippen LogP contribution >= 0.6 is 0 Å². The molecule has 1 aromatic rings. The van der Waals surface area contributed by atoms with Crippen LogP contribution in [0.5, 0.6) is 0 Å². The molecule has 0 bridgehead atoms. The number of amides is 2. The molecule has 18 heavy (non-hydrogen) atoms. The van der Waals surface area contributed by atoms with Crippen LogP contribution in [-0.4, -0.2) is 37.1 Å². The van der Waals surface area contributed by atoms with Crippen molar-refractivity contribution in [3.8, 4) is 0 Å². The quantitative estimate of drug-likeness (QED) is 0.845. The van der Waals surface area contributed by atoms with E-state index in [-0.39, 0.29) is 11.8 Å². The zero-order valence-corrected chi connectivity index (χ0v) is 10.4. The summed E-state index contributed by atoms with van der Waals surface area (Å²) < 4.78 is 13.0. The van der Waals surface area contributed by atoms with Crippen LogP contribution in [0.2, 0.25) is 0 Å². The van der Waals surface area contributed by atoms with Gasteiger partial charge < -0.3 is 15.5 Å². The normalized spacial score (nSPS) is 16.7. The van der Waals surface area contributed by atoms with Crippen molar-refractivity contribution in [2.45, 2.75) is 18.9 Å². The highest BCUT2D eigenvalue weighted by atomic mass is 19.1. The molecule has 2 N–H and O–H groups in total. The van der Waals surface area contributed by atoms with Crippen molar-refractivity contribution >= 4 is 11.7 Å². The van der Waals surface area contributed by atoms with Gasteiger partial charge in [0.05, 0.1) is 0 Å². The number of anilines is 1. The monoisotopic (exact) mass is 251 g/mol. The van der Waals surface area contributed by atoms with Crippen molar-refractivity contribution in [3.63, 3.8) is 0 Å². The van der Waals surface area contributed by atoms with Gasteiger partial charge in [-0.1, -0.05) is 6.07 Å². The molecule has 0 radical (unpaired) electrons. The lowest BCUT2D eigenvalue weighted by atomic mass is 10.1. The van der Waals surface area contributed by atoms with E-state index in [1.165, 1.54) is 12.1 Å². The Morgan fingerprint density at radius 3 is 2.72 bits per heavy atom. The van der Waals surface area contributed by atoms with Crippen molar-refractivity contribution in [2.24, 2.45) is 0 Å². The van der Waals surface area contributed by atoms with Crippen molar-refractivity contribution in [1.82, 2.24) is 10.2 Å². The molecule has 0 unspecified atom stereocenters. The van der Waals surface area contributed by atoms with Crippen molar-refractivity contribution in [3.05, 3.63) is 30.1 Å². The van der Waals surface area contributed by atoms with Crippen LogP contribution in [0.4, 0.5) is 14.9 Å². The molecular formula is C13H18FN3O. The summed E-state index contributed by atoms with van der Waals surface area (Å²) in [6, 6.07) is 6.27. The van der Waals surface area contributed by atoms with E-state index in [9.17, 15) is 9.18 Å². The number of nitrogens with one attached hydrogen (secondary N) is 2. The first-order chi connectivity index (χ1) is 8.69. The van der Waals surface area contributed by atoms with Crippen LogP contribution in [0.3, 0.4) is 0 Å². The zero-order chi connectivity index (χ0) is 13.0. The molecule has 1 aliphatic rings. The fourth-order valence-electron chi connectivity index (χ4n) is 2.14. The van der Waals surface area contributed by atoms with Crippen LogP contribution < -0.4 is 10.6 Å². The molecule has 1 aliphatic heterocycles. The number of nitrogens with zero attached hydrogens (tertiary/aromatic N) is 1. The zero-order valence-electron chi connectivity index (χ0n) is 10.4. The molecule has 0 aromatic heterocycles. The van der Waals surface area contributed by atoms with E-state index in [0.29, 0.717) is 11.7 Å². The van der Waals surface area contributed by atoms with Gasteiger partial charge in [0, 0.05) is 24.8 Å². The Labute approximate surface area is 106 Å². The minimum Gasteiger partial charge on any atom is -0.324 e. The molecule has 2 amide bonds. The minimum absolute atomic E-state index is 0.157. The third kappa shape index (κ3) is 3.20. The number of hydrogen-bond acceptors (Lipinski definition) is 2. The molecule has 0 aliphatic carbocycles. The van der Waals surface area contributed by atoms with Crippen molar-refractivity contribution in [1.29, 1.82) is 0 Å². The molecule has 98 valence electrons. The highest BCUT2D eigenvalue weighted by Crippen LogP contribution is 2.13. The van der Waals surface area contributed by atoms with Crippen molar-refractivity contribution < 1.29 is 9.18 Å². The van der Waals surface area contributed by atoms with Gasteiger partial charge >= 0.3 is 6.03 Å². The van der Waals surface area contributed by atoms with Crippen molar-refractivity contribution in [2.75, 3.05) is 25.5 Å². The van der Waals surface area contributed by atoms with Gasteiger partial charge in [-0.3, -0.25) is 0 Å². The number of halogens is 1. The second-order valence-corrected chi connectivity index (χ2v) is 4.49. The molecule has 0 spiro atoms. The maximum atomic E-state index is 13.0. The third-order valence-electron chi connectivity index (χ3n) is 3.27. The predicted octanol–water partition coefficient (Wildman–Crippen LogP) is 2.04. The molecule has 5 heteroatoms. The van der Waals surface area contributed by atoms with Gasteiger partial charge in [-0.25, -0.2) is 9.18 Å². The van der Waals surface area contributed by atoms with Gasteiger partial charge in [0.25, 0.3) is 0 Å². The molecule has 4 nitrogen and oxygen atoms in total. The maximum absolute atomic E-state index is 13.0. The largest absolute Gasteiger partial charge is 0.324 e. The van der Waals surface area contributed by atoms with E-state index >= 15 is 0 Å². The molecule has 0 atom stereocenters. The lowest BCUT2D eigenvalue weighted by molar-refractivity contribution is 0.190. The van der Waals surface area contributed by atoms with Gasteiger partial charge in [-0.15, -0.1) is 0 Å². The molecule has 1 heterocycles. The highest BCUT2D eigenvalue weighted by Gasteiger charge is 2.21. The number of piperidine rings is 1. The van der Waals surface area contributed by atoms with Crippen LogP contribution in [0.1, 0.15) is 12.8 Å². The van der Waals surface area contributed by atoms with Crippen LogP contribution in [0, 0.1) is 5.82 Å². The van der Waals surface area contributed by atoms with E-state index in [1.54, 1.807) is 17.0 Å². The number of rotatable bonds is 2. The van der Waals surface area contributed by atoms with E-state index in [0.717, 1.165) is 25.9 Å². The van der Waals surface area contributed by atoms with Gasteiger partial charge in [0.2, 0.25) is 0 Å². The summed E-state index contributed by atoms with van der Waals surface area (Å²) in [4.78, 5) is 13.7. The Balaban J connectivity index is 1.89. The van der Waals surface area contributed by atoms with Crippen LogP contribution in [-0.2, 0) is 0 Å². The van der Waals surface area contributed by atoms with Gasteiger partial charge in [-0.05, 0) is 38.1 Å². The first-order valence-corrected chi connectivity index (χ1v) is 6.18. The Hall–Kier alpha value is -1.62. The Morgan fingerprint density at radius 1 is 1.39 bits per heavy atom. The number of likely N-dealkylation sites (tertiary alicyclic amines) is 1. The minimum atomic E-state index is -0.346. The van der Waals surface area contributed by atoms with E-state index < -0.39 is 0 Å². The second kappa shape index (κ2) is 5.82. The van der Waals surface area contributed by atoms with E-state index in [4.69, 9.17) is 0 Å². The molecule has 1 saturated heterocycles. The Morgan fingerprint density at radius 2 is 2.11 bits per heavy atom. The first-order valence-electron chi connectivity index (χ1n) is 6.18. The smallest absolute Gasteiger partial charge is 0.321 e.